The van der Waals surface area contributed by atoms with Gasteiger partial charge in [-0.1, -0.05) is 18.2 Å². The number of carbonyl (C=O) groups excluding carboxylic acids is 2. The van der Waals surface area contributed by atoms with E-state index in [0.29, 0.717) is 23.1 Å². The lowest BCUT2D eigenvalue weighted by Gasteiger charge is -2.30. The summed E-state index contributed by atoms with van der Waals surface area (Å²) in [6.45, 7) is 0.815. The lowest BCUT2D eigenvalue weighted by Crippen LogP contribution is -2.29. The Morgan fingerprint density at radius 2 is 1.88 bits per heavy atom. The first-order valence-corrected chi connectivity index (χ1v) is 8.42. The molecule has 0 aromatic heterocycles. The number of esters is 1. The highest BCUT2D eigenvalue weighted by molar-refractivity contribution is 6.00. The molecule has 0 bridgehead atoms. The van der Waals surface area contributed by atoms with Crippen LogP contribution in [0.3, 0.4) is 0 Å². The number of hydrogen-bond acceptors (Lipinski definition) is 4. The molecule has 2 aromatic rings. The van der Waals surface area contributed by atoms with E-state index in [1.54, 1.807) is 24.3 Å². The Bertz CT molecular complexity index is 849. The molecule has 136 valence electrons. The van der Waals surface area contributed by atoms with E-state index in [1.807, 2.05) is 19.0 Å². The minimum Gasteiger partial charge on any atom is -0.446 e. The van der Waals surface area contributed by atoms with Gasteiger partial charge in [0.15, 0.2) is 5.60 Å². The van der Waals surface area contributed by atoms with E-state index in [1.165, 1.54) is 18.2 Å². The molecule has 26 heavy (non-hydrogen) atoms. The Morgan fingerprint density at radius 1 is 1.19 bits per heavy atom. The van der Waals surface area contributed by atoms with Gasteiger partial charge in [0, 0.05) is 16.7 Å². The number of hydrogen-bond donors (Lipinski definition) is 1. The molecule has 3 rings (SSSR count). The molecule has 1 amide bonds. The van der Waals surface area contributed by atoms with Crippen LogP contribution in [0.5, 0.6) is 0 Å². The molecule has 1 aliphatic heterocycles. The molecule has 6 heteroatoms. The van der Waals surface area contributed by atoms with Gasteiger partial charge in [-0.2, -0.15) is 0 Å². The zero-order chi connectivity index (χ0) is 18.9. The average Bonchev–Trinajstić information content (AvgIpc) is 2.88. The van der Waals surface area contributed by atoms with Gasteiger partial charge in [0.25, 0.3) is 0 Å². The molecule has 0 fully saturated rings. The van der Waals surface area contributed by atoms with Crippen LogP contribution in [-0.4, -0.2) is 37.4 Å². The number of nitrogens with zero attached hydrogens (tertiary/aromatic N) is 1. The minimum absolute atomic E-state index is 0.254. The number of cyclic esters (lactones) is 1. The third-order valence-corrected chi connectivity index (χ3v) is 4.67. The molecule has 0 saturated carbocycles. The molecule has 1 aliphatic rings. The van der Waals surface area contributed by atoms with Gasteiger partial charge in [0.1, 0.15) is 5.82 Å². The Hall–Kier alpha value is -2.73. The van der Waals surface area contributed by atoms with E-state index in [9.17, 15) is 14.0 Å². The van der Waals surface area contributed by atoms with Crippen LogP contribution in [0.25, 0.3) is 0 Å². The van der Waals surface area contributed by atoms with Gasteiger partial charge in [-0.3, -0.25) is 4.79 Å². The third-order valence-electron chi connectivity index (χ3n) is 4.67. The van der Waals surface area contributed by atoms with Crippen molar-refractivity contribution in [3.63, 3.8) is 0 Å². The van der Waals surface area contributed by atoms with Crippen LogP contribution in [0.4, 0.5) is 4.39 Å². The molecule has 0 aliphatic carbocycles. The van der Waals surface area contributed by atoms with Crippen molar-refractivity contribution in [2.75, 3.05) is 20.6 Å². The highest BCUT2D eigenvalue weighted by atomic mass is 19.1. The van der Waals surface area contributed by atoms with Crippen molar-refractivity contribution in [2.45, 2.75) is 18.4 Å². The standard InChI is InChI=1S/C20H21FN2O3/c1-23(2)11-3-10-20(14-5-7-15(21)8-6-14)17-9-4-13(18(22)24)12-16(17)19(25)26-20/h4-9,12H,3,10-11H2,1-2H3,(H2,22,24). The summed E-state index contributed by atoms with van der Waals surface area (Å²) in [7, 11) is 3.94. The Labute approximate surface area is 151 Å². The maximum atomic E-state index is 13.4. The predicted octanol–water partition coefficient (Wildman–Crippen LogP) is 2.68. The Morgan fingerprint density at radius 3 is 2.50 bits per heavy atom. The smallest absolute Gasteiger partial charge is 0.339 e. The summed E-state index contributed by atoms with van der Waals surface area (Å²) in [5, 5.41) is 0. The van der Waals surface area contributed by atoms with Crippen LogP contribution in [0.15, 0.2) is 42.5 Å². The minimum atomic E-state index is -0.994. The molecular weight excluding hydrogens is 335 g/mol. The van der Waals surface area contributed by atoms with Gasteiger partial charge < -0.3 is 15.4 Å². The van der Waals surface area contributed by atoms with Crippen LogP contribution >= 0.6 is 0 Å². The van der Waals surface area contributed by atoms with Gasteiger partial charge in [-0.25, -0.2) is 9.18 Å². The van der Waals surface area contributed by atoms with Crippen molar-refractivity contribution in [2.24, 2.45) is 5.73 Å². The zero-order valence-corrected chi connectivity index (χ0v) is 14.8. The number of carbonyl (C=O) groups is 2. The normalized spacial score (nSPS) is 18.7. The van der Waals surface area contributed by atoms with Gasteiger partial charge in [0.05, 0.1) is 5.56 Å². The fourth-order valence-electron chi connectivity index (χ4n) is 3.39. The second-order valence-electron chi connectivity index (χ2n) is 6.75. The summed E-state index contributed by atoms with van der Waals surface area (Å²) in [6.07, 6.45) is 1.32. The fourth-order valence-corrected chi connectivity index (χ4v) is 3.39. The molecular formula is C20H21FN2O3. The zero-order valence-electron chi connectivity index (χ0n) is 14.8. The number of nitrogens with two attached hydrogens (primary N) is 1. The summed E-state index contributed by atoms with van der Waals surface area (Å²) < 4.78 is 19.2. The van der Waals surface area contributed by atoms with Crippen LogP contribution in [-0.2, 0) is 10.3 Å². The Kier molecular flexibility index (Phi) is 4.78. The monoisotopic (exact) mass is 356 g/mol. The van der Waals surface area contributed by atoms with Crippen molar-refractivity contribution < 1.29 is 18.7 Å². The van der Waals surface area contributed by atoms with E-state index in [2.05, 4.69) is 0 Å². The number of amides is 1. The maximum Gasteiger partial charge on any atom is 0.339 e. The maximum absolute atomic E-state index is 13.4. The lowest BCUT2D eigenvalue weighted by molar-refractivity contribution is 0.00581. The topological polar surface area (TPSA) is 72.6 Å². The number of ether oxygens (including phenoxy) is 1. The number of halogens is 1. The van der Waals surface area contributed by atoms with E-state index in [0.717, 1.165) is 13.0 Å². The van der Waals surface area contributed by atoms with E-state index in [-0.39, 0.29) is 11.4 Å². The summed E-state index contributed by atoms with van der Waals surface area (Å²) in [4.78, 5) is 26.0. The molecule has 1 atom stereocenters. The average molecular weight is 356 g/mol. The van der Waals surface area contributed by atoms with Crippen molar-refractivity contribution in [1.29, 1.82) is 0 Å². The van der Waals surface area contributed by atoms with E-state index >= 15 is 0 Å². The van der Waals surface area contributed by atoms with Crippen LogP contribution in [0.2, 0.25) is 0 Å². The number of primary amides is 1. The number of fused-ring (bicyclic) bond motifs is 1. The van der Waals surface area contributed by atoms with Crippen LogP contribution < -0.4 is 5.73 Å². The highest BCUT2D eigenvalue weighted by Gasteiger charge is 2.46. The molecule has 0 radical (unpaired) electrons. The molecule has 0 spiro atoms. The molecule has 2 aromatic carbocycles. The molecule has 0 saturated heterocycles. The van der Waals surface area contributed by atoms with Crippen LogP contribution in [0, 0.1) is 5.82 Å². The summed E-state index contributed by atoms with van der Waals surface area (Å²) in [5.41, 5.74) is 6.30. The first-order valence-electron chi connectivity index (χ1n) is 8.42. The molecule has 2 N–H and O–H groups in total. The van der Waals surface area contributed by atoms with Gasteiger partial charge >= 0.3 is 5.97 Å². The first kappa shape index (κ1) is 18.1. The lowest BCUT2D eigenvalue weighted by atomic mass is 9.81. The van der Waals surface area contributed by atoms with E-state index in [4.69, 9.17) is 10.5 Å². The first-order chi connectivity index (χ1) is 12.3. The molecule has 1 heterocycles. The second kappa shape index (κ2) is 6.88. The van der Waals surface area contributed by atoms with Gasteiger partial charge in [-0.05, 0) is 57.7 Å². The van der Waals surface area contributed by atoms with Crippen molar-refractivity contribution >= 4 is 11.9 Å². The SMILES string of the molecule is CN(C)CCCC1(c2ccc(F)cc2)OC(=O)c2cc(C(N)=O)ccc21. The van der Waals surface area contributed by atoms with Crippen molar-refractivity contribution in [1.82, 2.24) is 4.90 Å². The van der Waals surface area contributed by atoms with Gasteiger partial charge in [0.2, 0.25) is 5.91 Å². The quantitative estimate of drug-likeness (QED) is 0.808. The summed E-state index contributed by atoms with van der Waals surface area (Å²) in [6, 6.07) is 10.7. The summed E-state index contributed by atoms with van der Waals surface area (Å²) >= 11 is 0. The molecule has 5 nitrogen and oxygen atoms in total. The fraction of sp³-hybridized carbons (Fsp3) is 0.300. The Balaban J connectivity index is 2.09. The summed E-state index contributed by atoms with van der Waals surface area (Å²) in [5.74, 6) is -1.46. The van der Waals surface area contributed by atoms with Crippen molar-refractivity contribution in [3.05, 3.63) is 70.5 Å². The predicted molar refractivity (Wildman–Crippen MR) is 95.3 cm³/mol. The number of rotatable bonds is 6. The third kappa shape index (κ3) is 3.20. The van der Waals surface area contributed by atoms with E-state index < -0.39 is 17.5 Å². The highest BCUT2D eigenvalue weighted by Crippen LogP contribution is 2.45. The van der Waals surface area contributed by atoms with Crippen molar-refractivity contribution in [3.8, 4) is 0 Å². The van der Waals surface area contributed by atoms with Gasteiger partial charge in [-0.15, -0.1) is 0 Å². The number of benzene rings is 2. The largest absolute Gasteiger partial charge is 0.446 e. The van der Waals surface area contributed by atoms with Crippen LogP contribution in [0.1, 0.15) is 44.7 Å². The second-order valence-corrected chi connectivity index (χ2v) is 6.75. The molecule has 1 unspecified atom stereocenters.